The number of hydrogen-bond acceptors (Lipinski definition) is 6. The van der Waals surface area contributed by atoms with Crippen LogP contribution in [0.2, 0.25) is 0 Å². The van der Waals surface area contributed by atoms with Crippen LogP contribution in [0.3, 0.4) is 0 Å². The first-order valence-corrected chi connectivity index (χ1v) is 8.29. The summed E-state index contributed by atoms with van der Waals surface area (Å²) in [5, 5.41) is 12.0. The zero-order valence-electron chi connectivity index (χ0n) is 13.7. The van der Waals surface area contributed by atoms with Crippen LogP contribution in [-0.4, -0.2) is 36.0 Å². The van der Waals surface area contributed by atoms with Gasteiger partial charge in [-0.2, -0.15) is 0 Å². The molecule has 1 aliphatic carbocycles. The number of allylic oxidation sites excluding steroid dienone is 2. The summed E-state index contributed by atoms with van der Waals surface area (Å²) >= 11 is 0.867. The second kappa shape index (κ2) is 7.47. The van der Waals surface area contributed by atoms with E-state index in [0.29, 0.717) is 5.56 Å². The van der Waals surface area contributed by atoms with Crippen LogP contribution in [0, 0.1) is 18.8 Å². The number of carbonyl (C=O) groups excluding carboxylic acids is 3. The molecular formula is C16H18N2O6S. The predicted octanol–water partition coefficient (Wildman–Crippen LogP) is 1.55. The SMILES string of the molecule is COC(=O)c1c(NC(=O)[C@@H]2CC=CC[C@@H]2C(=O)O)sc(C(N)=O)c1C. The summed E-state index contributed by atoms with van der Waals surface area (Å²) in [4.78, 5) is 47.5. The number of methoxy groups -OCH3 is 1. The summed E-state index contributed by atoms with van der Waals surface area (Å²) in [5.74, 6) is -4.64. The van der Waals surface area contributed by atoms with Gasteiger partial charge in [-0.25, -0.2) is 4.79 Å². The summed E-state index contributed by atoms with van der Waals surface area (Å²) in [5.41, 5.74) is 5.66. The number of carbonyl (C=O) groups is 4. The molecule has 1 aliphatic rings. The van der Waals surface area contributed by atoms with Crippen molar-refractivity contribution < 1.29 is 29.0 Å². The van der Waals surface area contributed by atoms with Gasteiger partial charge >= 0.3 is 11.9 Å². The number of nitrogens with two attached hydrogens (primary N) is 1. The van der Waals surface area contributed by atoms with Crippen molar-refractivity contribution in [2.75, 3.05) is 12.4 Å². The lowest BCUT2D eigenvalue weighted by molar-refractivity contribution is -0.146. The quantitative estimate of drug-likeness (QED) is 0.534. The Hall–Kier alpha value is -2.68. The molecule has 9 heteroatoms. The molecular weight excluding hydrogens is 348 g/mol. The largest absolute Gasteiger partial charge is 0.481 e. The molecule has 0 saturated heterocycles. The van der Waals surface area contributed by atoms with Crippen molar-refractivity contribution in [2.24, 2.45) is 17.6 Å². The van der Waals surface area contributed by atoms with E-state index in [4.69, 9.17) is 10.5 Å². The van der Waals surface area contributed by atoms with E-state index in [1.54, 1.807) is 12.2 Å². The van der Waals surface area contributed by atoms with E-state index in [1.165, 1.54) is 14.0 Å². The average molecular weight is 366 g/mol. The maximum absolute atomic E-state index is 12.6. The van der Waals surface area contributed by atoms with E-state index in [1.807, 2.05) is 0 Å². The minimum absolute atomic E-state index is 0.0490. The molecule has 134 valence electrons. The number of carboxylic acid groups (broad SMARTS) is 1. The normalized spacial score (nSPS) is 19.3. The second-order valence-electron chi connectivity index (χ2n) is 5.60. The molecule has 0 fully saturated rings. The summed E-state index contributed by atoms with van der Waals surface area (Å²) in [6, 6.07) is 0. The minimum atomic E-state index is -1.06. The number of anilines is 1. The van der Waals surface area contributed by atoms with Gasteiger partial charge in [0.05, 0.1) is 29.4 Å². The predicted molar refractivity (Wildman–Crippen MR) is 90.5 cm³/mol. The Morgan fingerprint density at radius 2 is 1.84 bits per heavy atom. The average Bonchev–Trinajstić information content (AvgIpc) is 2.90. The Bertz CT molecular complexity index is 767. The molecule has 0 saturated carbocycles. The number of rotatable bonds is 5. The molecule has 2 amide bonds. The third kappa shape index (κ3) is 3.71. The number of hydrogen-bond donors (Lipinski definition) is 3. The minimum Gasteiger partial charge on any atom is -0.481 e. The number of ether oxygens (including phenoxy) is 1. The van der Waals surface area contributed by atoms with Gasteiger partial charge in [0.2, 0.25) is 5.91 Å². The van der Waals surface area contributed by atoms with Crippen LogP contribution in [-0.2, 0) is 14.3 Å². The van der Waals surface area contributed by atoms with E-state index >= 15 is 0 Å². The Kier molecular flexibility index (Phi) is 5.58. The van der Waals surface area contributed by atoms with Gasteiger partial charge in [-0.15, -0.1) is 11.3 Å². The van der Waals surface area contributed by atoms with Crippen LogP contribution in [0.25, 0.3) is 0 Å². The van der Waals surface area contributed by atoms with Crippen molar-refractivity contribution in [3.63, 3.8) is 0 Å². The number of aliphatic carboxylic acids is 1. The third-order valence-corrected chi connectivity index (χ3v) is 5.30. The van der Waals surface area contributed by atoms with Gasteiger partial charge < -0.3 is 20.9 Å². The number of carboxylic acids is 1. The van der Waals surface area contributed by atoms with E-state index in [9.17, 15) is 24.3 Å². The highest BCUT2D eigenvalue weighted by Gasteiger charge is 2.35. The van der Waals surface area contributed by atoms with Gasteiger partial charge in [-0.1, -0.05) is 12.2 Å². The molecule has 4 N–H and O–H groups in total. The Labute approximate surface area is 147 Å². The lowest BCUT2D eigenvalue weighted by Gasteiger charge is -2.24. The Balaban J connectivity index is 2.35. The highest BCUT2D eigenvalue weighted by molar-refractivity contribution is 7.18. The fraction of sp³-hybridized carbons (Fsp3) is 0.375. The maximum Gasteiger partial charge on any atom is 0.341 e. The molecule has 1 aromatic rings. The zero-order chi connectivity index (χ0) is 18.7. The molecule has 0 spiro atoms. The van der Waals surface area contributed by atoms with E-state index in [2.05, 4.69) is 5.32 Å². The lowest BCUT2D eigenvalue weighted by Crippen LogP contribution is -2.34. The molecule has 0 bridgehead atoms. The summed E-state index contributed by atoms with van der Waals surface area (Å²) in [7, 11) is 1.18. The van der Waals surface area contributed by atoms with Crippen molar-refractivity contribution in [2.45, 2.75) is 19.8 Å². The van der Waals surface area contributed by atoms with Crippen LogP contribution in [0.4, 0.5) is 5.00 Å². The van der Waals surface area contributed by atoms with Gasteiger partial charge in [-0.05, 0) is 25.3 Å². The van der Waals surface area contributed by atoms with Crippen LogP contribution in [0.5, 0.6) is 0 Å². The van der Waals surface area contributed by atoms with Crippen molar-refractivity contribution >= 4 is 40.1 Å². The first-order valence-electron chi connectivity index (χ1n) is 7.48. The standard InChI is InChI=1S/C16H18N2O6S/c1-7-10(16(23)24-2)14(25-11(7)12(17)19)18-13(20)8-5-3-4-6-9(8)15(21)22/h3-4,8-9H,5-6H2,1-2H3,(H2,17,19)(H,18,20)(H,21,22)/t8-,9+/m1/s1. The number of thiophene rings is 1. The molecule has 2 atom stereocenters. The van der Waals surface area contributed by atoms with Gasteiger partial charge in [0.1, 0.15) is 5.00 Å². The molecule has 25 heavy (non-hydrogen) atoms. The Morgan fingerprint density at radius 1 is 1.24 bits per heavy atom. The van der Waals surface area contributed by atoms with Crippen LogP contribution >= 0.6 is 11.3 Å². The Morgan fingerprint density at radius 3 is 2.36 bits per heavy atom. The first-order chi connectivity index (χ1) is 11.8. The highest BCUT2D eigenvalue weighted by Crippen LogP contribution is 2.35. The summed E-state index contributed by atoms with van der Waals surface area (Å²) in [6.45, 7) is 1.53. The summed E-state index contributed by atoms with van der Waals surface area (Å²) < 4.78 is 4.70. The van der Waals surface area contributed by atoms with Gasteiger partial charge in [0.25, 0.3) is 5.91 Å². The third-order valence-electron chi connectivity index (χ3n) is 4.08. The molecule has 0 aromatic carbocycles. The van der Waals surface area contributed by atoms with Crippen molar-refractivity contribution in [3.05, 3.63) is 28.2 Å². The first kappa shape index (κ1) is 18.7. The monoisotopic (exact) mass is 366 g/mol. The zero-order valence-corrected chi connectivity index (χ0v) is 14.5. The molecule has 1 aromatic heterocycles. The maximum atomic E-state index is 12.6. The van der Waals surface area contributed by atoms with E-state index < -0.39 is 35.6 Å². The molecule has 0 radical (unpaired) electrons. The van der Waals surface area contributed by atoms with E-state index in [-0.39, 0.29) is 28.3 Å². The molecule has 8 nitrogen and oxygen atoms in total. The van der Waals surface area contributed by atoms with E-state index in [0.717, 1.165) is 11.3 Å². The topological polar surface area (TPSA) is 136 Å². The number of nitrogens with one attached hydrogen (secondary N) is 1. The fourth-order valence-electron chi connectivity index (χ4n) is 2.77. The molecule has 2 rings (SSSR count). The molecule has 1 heterocycles. The molecule has 0 unspecified atom stereocenters. The smallest absolute Gasteiger partial charge is 0.341 e. The van der Waals surface area contributed by atoms with Gasteiger partial charge in [0.15, 0.2) is 0 Å². The van der Waals surface area contributed by atoms with Crippen LogP contribution in [0.15, 0.2) is 12.2 Å². The van der Waals surface area contributed by atoms with Crippen molar-refractivity contribution in [3.8, 4) is 0 Å². The summed E-state index contributed by atoms with van der Waals surface area (Å²) in [6.07, 6.45) is 4.01. The van der Waals surface area contributed by atoms with Gasteiger partial charge in [-0.3, -0.25) is 14.4 Å². The number of esters is 1. The van der Waals surface area contributed by atoms with Crippen molar-refractivity contribution in [1.29, 1.82) is 0 Å². The number of amides is 2. The van der Waals surface area contributed by atoms with Crippen LogP contribution in [0.1, 0.15) is 38.4 Å². The van der Waals surface area contributed by atoms with Crippen LogP contribution < -0.4 is 11.1 Å². The second-order valence-corrected chi connectivity index (χ2v) is 6.62. The fourth-order valence-corrected chi connectivity index (χ4v) is 3.82. The lowest BCUT2D eigenvalue weighted by atomic mass is 9.82. The van der Waals surface area contributed by atoms with Gasteiger partial charge in [0, 0.05) is 0 Å². The highest BCUT2D eigenvalue weighted by atomic mass is 32.1. The van der Waals surface area contributed by atoms with Crippen molar-refractivity contribution in [1.82, 2.24) is 0 Å². The number of primary amides is 1. The molecule has 0 aliphatic heterocycles.